The molecule has 5 atom stereocenters. The third-order valence-electron chi connectivity index (χ3n) is 12.5. The lowest BCUT2D eigenvalue weighted by molar-refractivity contribution is -0.161. The van der Waals surface area contributed by atoms with E-state index in [2.05, 4.69) is 154 Å². The van der Waals surface area contributed by atoms with Crippen LogP contribution < -0.4 is 0 Å². The molecule has 18 heteroatoms. The van der Waals surface area contributed by atoms with E-state index < -0.39 is 91.5 Å². The molecule has 0 aromatic heterocycles. The van der Waals surface area contributed by atoms with Gasteiger partial charge in [-0.15, -0.1) is 0 Å². The zero-order valence-electron chi connectivity index (χ0n) is 53.1. The molecule has 0 aliphatic carbocycles. The van der Waals surface area contributed by atoms with Gasteiger partial charge in [0.1, 0.15) is 25.4 Å². The third-order valence-corrected chi connectivity index (χ3v) is 14.4. The van der Waals surface area contributed by atoms with Crippen LogP contribution >= 0.6 is 15.6 Å². The molecule has 494 valence electrons. The maximum absolute atomic E-state index is 12.9. The molecule has 0 aliphatic heterocycles. The van der Waals surface area contributed by atoms with Crippen LogP contribution in [0.3, 0.4) is 0 Å². The van der Waals surface area contributed by atoms with Gasteiger partial charge in [0.2, 0.25) is 0 Å². The van der Waals surface area contributed by atoms with Gasteiger partial charge in [0, 0.05) is 19.3 Å². The molecule has 0 radical (unpaired) electrons. The predicted molar refractivity (Wildman–Crippen MR) is 352 cm³/mol. The van der Waals surface area contributed by atoms with E-state index >= 15 is 0 Å². The zero-order chi connectivity index (χ0) is 63.8. The number of ether oxygens (including phenoxy) is 3. The molecule has 4 N–H and O–H groups in total. The van der Waals surface area contributed by atoms with Crippen LogP contribution in [-0.4, -0.2) is 95.9 Å². The number of allylic oxidation sites excluding steroid dienone is 24. The summed E-state index contributed by atoms with van der Waals surface area (Å²) in [6.07, 6.45) is 72.0. The molecular formula is C69H112O16P2. The number of phosphoric acid groups is 2. The molecule has 0 rings (SSSR count). The SMILES string of the molecule is CC/C=C\C/C=C\C/C=C\C/C=C\C/C=C\CCCC(=O)OCC(O)COP(=O)(O)OCC(O)COP(=O)(O)OCC(COC(=O)CCCCCC/C=C\C/C=C\C/C=C\C/C=C\CC)OC(=O)CCCCCCCCC/C=C\C/C=C\C/C=C\CC. The van der Waals surface area contributed by atoms with Gasteiger partial charge in [0.05, 0.1) is 26.4 Å². The van der Waals surface area contributed by atoms with Crippen LogP contribution in [0.2, 0.25) is 0 Å². The minimum Gasteiger partial charge on any atom is -0.463 e. The Hall–Kier alpha value is -4.57. The predicted octanol–water partition coefficient (Wildman–Crippen LogP) is 17.4. The van der Waals surface area contributed by atoms with Crippen LogP contribution in [0.4, 0.5) is 0 Å². The number of carbonyl (C=O) groups is 3. The van der Waals surface area contributed by atoms with Crippen LogP contribution in [0, 0.1) is 0 Å². The van der Waals surface area contributed by atoms with E-state index in [1.54, 1.807) is 0 Å². The van der Waals surface area contributed by atoms with Crippen LogP contribution in [0.5, 0.6) is 0 Å². The van der Waals surface area contributed by atoms with E-state index in [0.29, 0.717) is 25.7 Å². The molecule has 5 unspecified atom stereocenters. The maximum atomic E-state index is 12.9. The number of carbonyl (C=O) groups excluding carboxylic acids is 3. The number of unbranched alkanes of at least 4 members (excludes halogenated alkanes) is 12. The lowest BCUT2D eigenvalue weighted by atomic mass is 10.1. The zero-order valence-corrected chi connectivity index (χ0v) is 54.9. The first-order valence-corrected chi connectivity index (χ1v) is 35.1. The molecule has 0 fully saturated rings. The summed E-state index contributed by atoms with van der Waals surface area (Å²) in [6.45, 7) is 2.18. The molecule has 0 aromatic carbocycles. The van der Waals surface area contributed by atoms with Gasteiger partial charge in [-0.05, 0) is 128 Å². The van der Waals surface area contributed by atoms with Crippen molar-refractivity contribution in [1.29, 1.82) is 0 Å². The number of aliphatic hydroxyl groups is 2. The minimum atomic E-state index is -4.94. The fraction of sp³-hybridized carbons (Fsp3) is 0.609. The average molecular weight is 1260 g/mol. The molecular weight excluding hydrogens is 1150 g/mol. The first-order valence-electron chi connectivity index (χ1n) is 32.1. The van der Waals surface area contributed by atoms with Gasteiger partial charge in [-0.2, -0.15) is 0 Å². The second kappa shape index (κ2) is 61.7. The van der Waals surface area contributed by atoms with Crippen molar-refractivity contribution in [1.82, 2.24) is 0 Å². The summed E-state index contributed by atoms with van der Waals surface area (Å²) in [5.41, 5.74) is 0. The van der Waals surface area contributed by atoms with E-state index in [1.807, 2.05) is 12.2 Å². The normalized spacial score (nSPS) is 15.3. The highest BCUT2D eigenvalue weighted by atomic mass is 31.2. The monoisotopic (exact) mass is 1260 g/mol. The van der Waals surface area contributed by atoms with Gasteiger partial charge in [0.15, 0.2) is 6.10 Å². The number of hydrogen-bond donors (Lipinski definition) is 4. The van der Waals surface area contributed by atoms with Crippen molar-refractivity contribution in [3.05, 3.63) is 146 Å². The van der Waals surface area contributed by atoms with Crippen molar-refractivity contribution in [2.45, 2.75) is 232 Å². The van der Waals surface area contributed by atoms with Gasteiger partial charge in [-0.3, -0.25) is 32.5 Å². The first kappa shape index (κ1) is 82.4. The highest BCUT2D eigenvalue weighted by molar-refractivity contribution is 7.47. The van der Waals surface area contributed by atoms with Gasteiger partial charge in [0.25, 0.3) is 0 Å². The van der Waals surface area contributed by atoms with Crippen molar-refractivity contribution in [2.24, 2.45) is 0 Å². The Morgan fingerprint density at radius 3 is 0.954 bits per heavy atom. The van der Waals surface area contributed by atoms with E-state index in [9.17, 15) is 43.5 Å². The molecule has 0 saturated heterocycles. The fourth-order valence-electron chi connectivity index (χ4n) is 7.73. The largest absolute Gasteiger partial charge is 0.472 e. The molecule has 87 heavy (non-hydrogen) atoms. The Morgan fingerprint density at radius 1 is 0.322 bits per heavy atom. The highest BCUT2D eigenvalue weighted by Crippen LogP contribution is 2.45. The molecule has 16 nitrogen and oxygen atoms in total. The fourth-order valence-corrected chi connectivity index (χ4v) is 9.31. The summed E-state index contributed by atoms with van der Waals surface area (Å²) in [4.78, 5) is 58.3. The number of rotatable bonds is 59. The minimum absolute atomic E-state index is 0.0806. The van der Waals surface area contributed by atoms with Crippen molar-refractivity contribution < 1.29 is 75.8 Å². The Morgan fingerprint density at radius 2 is 0.586 bits per heavy atom. The van der Waals surface area contributed by atoms with Crippen LogP contribution in [0.15, 0.2) is 146 Å². The summed E-state index contributed by atoms with van der Waals surface area (Å²) in [7, 11) is -9.81. The molecule has 0 saturated carbocycles. The number of phosphoric ester groups is 2. The summed E-state index contributed by atoms with van der Waals surface area (Å²) < 4.78 is 60.7. The van der Waals surface area contributed by atoms with Gasteiger partial charge in [-0.1, -0.05) is 212 Å². The van der Waals surface area contributed by atoms with Crippen molar-refractivity contribution in [2.75, 3.05) is 39.6 Å². The van der Waals surface area contributed by atoms with Crippen LogP contribution in [-0.2, 0) is 55.8 Å². The van der Waals surface area contributed by atoms with Gasteiger partial charge in [-0.25, -0.2) is 9.13 Å². The quantitative estimate of drug-likeness (QED) is 0.0146. The lowest BCUT2D eigenvalue weighted by Crippen LogP contribution is -2.30. The molecule has 0 heterocycles. The molecule has 0 bridgehead atoms. The second-order valence-corrected chi connectivity index (χ2v) is 23.7. The Balaban J connectivity index is 4.82. The summed E-state index contributed by atoms with van der Waals surface area (Å²) in [5.74, 6) is -1.68. The standard InChI is InChI=1S/C69H112O16P2/c1-4-7-10-13-16-19-22-25-28-31-34-37-40-43-46-49-52-55-67(72)79-58-64(70)59-81-86(75,76)82-60-65(71)61-83-87(77,78)84-63-66(85-69(74)57-54-51-48-45-42-39-36-33-30-27-24-21-18-15-12-9-6-3)62-80-68(73)56-53-50-47-44-41-38-35-32-29-26-23-20-17-14-11-8-5-2/h7-12,16-21,25-30,34-35,37-38,43,46,64-66,70-71H,4-6,13-15,22-24,31-33,36,39-42,44-45,47-63H2,1-3H3,(H,75,76)(H,77,78)/b10-7-,11-8-,12-9-,19-16-,20-17-,21-18-,28-25-,29-26-,30-27-,37-34-,38-35-,46-43-. The third kappa shape index (κ3) is 62.8. The number of esters is 3. The van der Waals surface area contributed by atoms with E-state index in [-0.39, 0.29) is 19.3 Å². The molecule has 0 aliphatic rings. The number of aliphatic hydroxyl groups excluding tert-OH is 2. The maximum Gasteiger partial charge on any atom is 0.472 e. The Bertz CT molecular complexity index is 2170. The molecule has 0 amide bonds. The van der Waals surface area contributed by atoms with Gasteiger partial charge >= 0.3 is 33.6 Å². The van der Waals surface area contributed by atoms with Crippen LogP contribution in [0.1, 0.15) is 213 Å². The smallest absolute Gasteiger partial charge is 0.463 e. The highest BCUT2D eigenvalue weighted by Gasteiger charge is 2.29. The van der Waals surface area contributed by atoms with Crippen molar-refractivity contribution >= 4 is 33.6 Å². The van der Waals surface area contributed by atoms with Crippen molar-refractivity contribution in [3.8, 4) is 0 Å². The van der Waals surface area contributed by atoms with Crippen LogP contribution in [0.25, 0.3) is 0 Å². The first-order chi connectivity index (χ1) is 42.2. The lowest BCUT2D eigenvalue weighted by Gasteiger charge is -2.21. The molecule has 0 aromatic rings. The van der Waals surface area contributed by atoms with E-state index in [4.69, 9.17) is 32.3 Å². The summed E-state index contributed by atoms with van der Waals surface area (Å²) in [6, 6.07) is 0. The van der Waals surface area contributed by atoms with E-state index in [0.717, 1.165) is 148 Å². The second-order valence-electron chi connectivity index (χ2n) is 20.8. The van der Waals surface area contributed by atoms with Crippen molar-refractivity contribution in [3.63, 3.8) is 0 Å². The number of hydrogen-bond acceptors (Lipinski definition) is 14. The van der Waals surface area contributed by atoms with E-state index in [1.165, 1.54) is 0 Å². The Kier molecular flexibility index (Phi) is 58.4. The molecule has 0 spiro atoms. The summed E-state index contributed by atoms with van der Waals surface area (Å²) in [5, 5.41) is 20.5. The average Bonchev–Trinajstić information content (AvgIpc) is 3.59. The topological polar surface area (TPSA) is 231 Å². The summed E-state index contributed by atoms with van der Waals surface area (Å²) >= 11 is 0. The Labute approximate surface area is 524 Å². The van der Waals surface area contributed by atoms with Gasteiger partial charge < -0.3 is 34.2 Å².